The number of hydrogen-bond acceptors (Lipinski definition) is 6. The van der Waals surface area contributed by atoms with Gasteiger partial charge in [0.15, 0.2) is 5.78 Å². The van der Waals surface area contributed by atoms with Gasteiger partial charge in [0.1, 0.15) is 15.8 Å². The normalized spacial score (nSPS) is 14.2. The van der Waals surface area contributed by atoms with Crippen molar-refractivity contribution in [2.45, 2.75) is 78.7 Å². The van der Waals surface area contributed by atoms with Gasteiger partial charge in [0.2, 0.25) is 5.78 Å². The summed E-state index contributed by atoms with van der Waals surface area (Å²) < 4.78 is 6.44. The Morgan fingerprint density at radius 2 is 1.86 bits per heavy atom. The Balaban J connectivity index is 1.72. The Labute approximate surface area is 219 Å². The van der Waals surface area contributed by atoms with Crippen LogP contribution in [0.25, 0.3) is 10.6 Å². The number of ether oxygens (including phenoxy) is 1. The van der Waals surface area contributed by atoms with Crippen LogP contribution in [0, 0.1) is 38.5 Å². The van der Waals surface area contributed by atoms with Crippen molar-refractivity contribution in [1.82, 2.24) is 10.2 Å². The zero-order chi connectivity index (χ0) is 26.1. The van der Waals surface area contributed by atoms with Gasteiger partial charge in [-0.05, 0) is 68.4 Å². The minimum atomic E-state index is -0.464. The highest BCUT2D eigenvalue weighted by Crippen LogP contribution is 2.34. The van der Waals surface area contributed by atoms with Crippen LogP contribution in [-0.2, 0) is 16.0 Å². The number of nitrogens with zero attached hydrogens (tertiary/aromatic N) is 2. The third kappa shape index (κ3) is 7.73. The Morgan fingerprint density at radius 1 is 1.14 bits per heavy atom. The number of rotatable bonds is 15. The summed E-state index contributed by atoms with van der Waals surface area (Å²) >= 11 is 1.66. The van der Waals surface area contributed by atoms with Crippen LogP contribution < -0.4 is 4.74 Å². The number of unbranched alkanes of at least 4 members (excludes halogenated alkanes) is 3. The van der Waals surface area contributed by atoms with E-state index in [-0.39, 0.29) is 11.9 Å². The zero-order valence-corrected chi connectivity index (χ0v) is 22.5. The van der Waals surface area contributed by atoms with E-state index in [9.17, 15) is 9.59 Å². The second-order valence-corrected chi connectivity index (χ2v) is 10.3. The zero-order valence-electron chi connectivity index (χ0n) is 21.7. The molecule has 3 rings (SSSR count). The first-order valence-electron chi connectivity index (χ1n) is 12.7. The standard InChI is InChI=1S/C30H35N2O3S/c1-6-9-10-11-12-27-31-32-30(36-27)24-17-20(4)29(21(5)18-24)35-26(8-3)19-23(15-16-25(33)7-2)28(34)22-13-14-22/h2,13-18,23,26H,6,8-12,19H2,1,3-5H3/b16-15-. The van der Waals surface area contributed by atoms with Crippen molar-refractivity contribution >= 4 is 22.9 Å². The SMILES string of the molecule is C#CC(=O)/C=C\C(CC(CC)Oc1c(C)cc(-c2nnc(CCCCCC)s2)cc1C)C(=O)C1=C[CH]1. The van der Waals surface area contributed by atoms with Crippen LogP contribution >= 0.6 is 11.3 Å². The van der Waals surface area contributed by atoms with Gasteiger partial charge in [-0.2, -0.15) is 0 Å². The van der Waals surface area contributed by atoms with E-state index in [0.717, 1.165) is 51.7 Å². The van der Waals surface area contributed by atoms with E-state index in [1.54, 1.807) is 29.9 Å². The lowest BCUT2D eigenvalue weighted by atomic mass is 9.93. The van der Waals surface area contributed by atoms with Gasteiger partial charge >= 0.3 is 0 Å². The highest BCUT2D eigenvalue weighted by atomic mass is 32.1. The van der Waals surface area contributed by atoms with Crippen LogP contribution in [-0.4, -0.2) is 27.9 Å². The Morgan fingerprint density at radius 3 is 2.47 bits per heavy atom. The first kappa shape index (κ1) is 27.5. The van der Waals surface area contributed by atoms with Crippen LogP contribution in [0.1, 0.15) is 68.5 Å². The molecular formula is C30H35N2O3S. The number of aromatic nitrogens is 2. The average molecular weight is 504 g/mol. The maximum atomic E-state index is 12.8. The summed E-state index contributed by atoms with van der Waals surface area (Å²) in [5.74, 6) is 1.96. The van der Waals surface area contributed by atoms with Crippen molar-refractivity contribution in [3.8, 4) is 28.7 Å². The van der Waals surface area contributed by atoms with E-state index >= 15 is 0 Å². The number of carbonyl (C=O) groups excluding carboxylic acids is 2. The molecule has 1 radical (unpaired) electrons. The number of aryl methyl sites for hydroxylation is 3. The van der Waals surface area contributed by atoms with E-state index in [2.05, 4.69) is 35.2 Å². The summed E-state index contributed by atoms with van der Waals surface area (Å²) in [6.45, 7) is 8.31. The molecule has 36 heavy (non-hydrogen) atoms. The number of terminal acetylenes is 1. The molecule has 1 aliphatic carbocycles. The van der Waals surface area contributed by atoms with E-state index in [0.29, 0.717) is 12.0 Å². The Bertz CT molecular complexity index is 1160. The molecule has 0 saturated carbocycles. The average Bonchev–Trinajstić information content (AvgIpc) is 3.62. The second kappa shape index (κ2) is 13.3. The summed E-state index contributed by atoms with van der Waals surface area (Å²) in [5, 5.41) is 10.8. The first-order valence-corrected chi connectivity index (χ1v) is 13.6. The molecule has 2 unspecified atom stereocenters. The van der Waals surface area contributed by atoms with Crippen LogP contribution in [0.5, 0.6) is 5.75 Å². The molecule has 1 aromatic heterocycles. The van der Waals surface area contributed by atoms with Crippen LogP contribution in [0.2, 0.25) is 0 Å². The molecule has 1 aliphatic rings. The monoisotopic (exact) mass is 503 g/mol. The van der Waals surface area contributed by atoms with Gasteiger partial charge in [0.25, 0.3) is 0 Å². The van der Waals surface area contributed by atoms with Crippen molar-refractivity contribution in [3.05, 3.63) is 58.5 Å². The molecule has 2 aromatic rings. The summed E-state index contributed by atoms with van der Waals surface area (Å²) in [6, 6.07) is 4.18. The van der Waals surface area contributed by atoms with E-state index < -0.39 is 11.7 Å². The molecule has 1 heterocycles. The third-order valence-electron chi connectivity index (χ3n) is 6.25. The van der Waals surface area contributed by atoms with E-state index in [1.165, 1.54) is 25.3 Å². The maximum absolute atomic E-state index is 12.8. The first-order chi connectivity index (χ1) is 17.4. The van der Waals surface area contributed by atoms with Crippen molar-refractivity contribution in [1.29, 1.82) is 0 Å². The van der Waals surface area contributed by atoms with Gasteiger partial charge in [0.05, 0.1) is 6.10 Å². The van der Waals surface area contributed by atoms with Gasteiger partial charge in [-0.25, -0.2) is 0 Å². The van der Waals surface area contributed by atoms with E-state index in [1.807, 2.05) is 20.8 Å². The number of benzene rings is 1. The van der Waals surface area contributed by atoms with Crippen LogP contribution in [0.4, 0.5) is 0 Å². The number of Topliss-reactive ketones (excluding diaryl/α,β-unsaturated/α-hetero) is 1. The minimum absolute atomic E-state index is 0.0105. The molecule has 0 N–H and O–H groups in total. The molecule has 0 bridgehead atoms. The van der Waals surface area contributed by atoms with Gasteiger partial charge in [-0.3, -0.25) is 9.59 Å². The number of allylic oxidation sites excluding steroid dienone is 4. The molecular weight excluding hydrogens is 468 g/mol. The fourth-order valence-electron chi connectivity index (χ4n) is 4.13. The predicted octanol–water partition coefficient (Wildman–Crippen LogP) is 6.58. The lowest BCUT2D eigenvalue weighted by Gasteiger charge is -2.23. The molecule has 0 saturated heterocycles. The highest BCUT2D eigenvalue weighted by molar-refractivity contribution is 7.14. The molecule has 5 nitrogen and oxygen atoms in total. The van der Waals surface area contributed by atoms with Crippen LogP contribution in [0.15, 0.2) is 35.9 Å². The fourth-order valence-corrected chi connectivity index (χ4v) is 5.00. The highest BCUT2D eigenvalue weighted by Gasteiger charge is 2.28. The summed E-state index contributed by atoms with van der Waals surface area (Å²) in [7, 11) is 0. The fraction of sp³-hybridized carbons (Fsp3) is 0.433. The molecule has 6 heteroatoms. The van der Waals surface area contributed by atoms with Gasteiger partial charge < -0.3 is 4.74 Å². The molecule has 0 aliphatic heterocycles. The lowest BCUT2D eigenvalue weighted by molar-refractivity contribution is -0.118. The number of ketones is 2. The largest absolute Gasteiger partial charge is 0.490 e. The Hall–Kier alpha value is -3.04. The second-order valence-electron chi connectivity index (χ2n) is 9.26. The van der Waals surface area contributed by atoms with E-state index in [4.69, 9.17) is 11.2 Å². The van der Waals surface area contributed by atoms with Crippen LogP contribution in [0.3, 0.4) is 0 Å². The Kier molecular flexibility index (Phi) is 10.2. The summed E-state index contributed by atoms with van der Waals surface area (Å²) in [4.78, 5) is 24.4. The summed E-state index contributed by atoms with van der Waals surface area (Å²) in [5.41, 5.74) is 3.76. The predicted molar refractivity (Wildman–Crippen MR) is 146 cm³/mol. The van der Waals surface area contributed by atoms with Gasteiger partial charge in [-0.1, -0.05) is 56.6 Å². The quantitative estimate of drug-likeness (QED) is 0.119. The van der Waals surface area contributed by atoms with Crippen molar-refractivity contribution in [2.75, 3.05) is 0 Å². The summed E-state index contributed by atoms with van der Waals surface area (Å²) in [6.07, 6.45) is 18.5. The van der Waals surface area contributed by atoms with Crippen molar-refractivity contribution in [3.63, 3.8) is 0 Å². The molecule has 0 fully saturated rings. The van der Waals surface area contributed by atoms with Crippen molar-refractivity contribution in [2.24, 2.45) is 5.92 Å². The molecule has 189 valence electrons. The topological polar surface area (TPSA) is 69.2 Å². The lowest BCUT2D eigenvalue weighted by Crippen LogP contribution is -2.24. The minimum Gasteiger partial charge on any atom is -0.490 e. The molecule has 2 atom stereocenters. The smallest absolute Gasteiger partial charge is 0.228 e. The maximum Gasteiger partial charge on any atom is 0.228 e. The molecule has 1 aromatic carbocycles. The molecule has 0 amide bonds. The van der Waals surface area contributed by atoms with Gasteiger partial charge in [-0.15, -0.1) is 16.6 Å². The van der Waals surface area contributed by atoms with Gasteiger partial charge in [0, 0.05) is 29.9 Å². The number of hydrogen-bond donors (Lipinski definition) is 0. The third-order valence-corrected chi connectivity index (χ3v) is 7.28. The van der Waals surface area contributed by atoms with Crippen molar-refractivity contribution < 1.29 is 14.3 Å². The number of carbonyl (C=O) groups is 2. The molecule has 0 spiro atoms.